The van der Waals surface area contributed by atoms with Gasteiger partial charge in [-0.15, -0.1) is 0 Å². The number of carbonyl (C=O) groups is 1. The first-order valence-electron chi connectivity index (χ1n) is 12.6. The standard InChI is InChI=1S/C28H49NO/c1-3-4-5-6-7-8-9-10-11-12-13-14-15-16-17-18-19-20-21-22-23-24-25-26-27(2)28(29)30/h20-26H,3-19H2,1-2H3,(H2,29,30). The van der Waals surface area contributed by atoms with Gasteiger partial charge in [0.1, 0.15) is 0 Å². The third-order valence-electron chi connectivity index (χ3n) is 5.54. The molecule has 0 heterocycles. The van der Waals surface area contributed by atoms with Crippen LogP contribution in [-0.4, -0.2) is 5.91 Å². The lowest BCUT2D eigenvalue weighted by molar-refractivity contribution is -0.114. The Morgan fingerprint density at radius 1 is 0.600 bits per heavy atom. The van der Waals surface area contributed by atoms with Crippen molar-refractivity contribution < 1.29 is 4.79 Å². The second-order valence-corrected chi connectivity index (χ2v) is 8.50. The second-order valence-electron chi connectivity index (χ2n) is 8.50. The van der Waals surface area contributed by atoms with Crippen LogP contribution in [0.1, 0.15) is 123 Å². The van der Waals surface area contributed by atoms with E-state index in [1.54, 1.807) is 13.0 Å². The maximum atomic E-state index is 10.8. The van der Waals surface area contributed by atoms with Gasteiger partial charge >= 0.3 is 0 Å². The van der Waals surface area contributed by atoms with Crippen molar-refractivity contribution in [2.45, 2.75) is 123 Å². The van der Waals surface area contributed by atoms with E-state index in [1.807, 2.05) is 24.3 Å². The van der Waals surface area contributed by atoms with Gasteiger partial charge in [0, 0.05) is 5.57 Å². The smallest absolute Gasteiger partial charge is 0.244 e. The Labute approximate surface area is 187 Å². The molecule has 0 bridgehead atoms. The van der Waals surface area contributed by atoms with Gasteiger partial charge in [0.15, 0.2) is 0 Å². The Morgan fingerprint density at radius 2 is 1.00 bits per heavy atom. The summed E-state index contributed by atoms with van der Waals surface area (Å²) in [6.45, 7) is 4.00. The minimum Gasteiger partial charge on any atom is -0.366 e. The molecule has 0 rings (SSSR count). The van der Waals surface area contributed by atoms with Gasteiger partial charge in [-0.05, 0) is 19.8 Å². The zero-order chi connectivity index (χ0) is 22.1. The molecule has 0 aliphatic carbocycles. The topological polar surface area (TPSA) is 43.1 Å². The first kappa shape index (κ1) is 28.4. The largest absolute Gasteiger partial charge is 0.366 e. The van der Waals surface area contributed by atoms with E-state index in [4.69, 9.17) is 5.73 Å². The lowest BCUT2D eigenvalue weighted by Gasteiger charge is -2.03. The van der Waals surface area contributed by atoms with Gasteiger partial charge in [0.2, 0.25) is 5.91 Å². The van der Waals surface area contributed by atoms with Crippen molar-refractivity contribution in [3.05, 3.63) is 48.1 Å². The molecule has 0 radical (unpaired) electrons. The summed E-state index contributed by atoms with van der Waals surface area (Å²) < 4.78 is 0. The van der Waals surface area contributed by atoms with Crippen LogP contribution < -0.4 is 5.73 Å². The first-order chi connectivity index (χ1) is 14.7. The van der Waals surface area contributed by atoms with Crippen molar-refractivity contribution in [3.8, 4) is 0 Å². The Bertz CT molecular complexity index is 499. The number of nitrogens with two attached hydrogens (primary N) is 1. The molecule has 0 fully saturated rings. The fourth-order valence-corrected chi connectivity index (χ4v) is 3.46. The minimum absolute atomic E-state index is 0.373. The van der Waals surface area contributed by atoms with E-state index in [-0.39, 0.29) is 5.91 Å². The van der Waals surface area contributed by atoms with Crippen LogP contribution in [0.15, 0.2) is 48.1 Å². The Kier molecular flexibility index (Phi) is 22.5. The van der Waals surface area contributed by atoms with Gasteiger partial charge in [-0.1, -0.05) is 146 Å². The van der Waals surface area contributed by atoms with Crippen LogP contribution in [0, 0.1) is 0 Å². The van der Waals surface area contributed by atoms with Crippen LogP contribution in [0.4, 0.5) is 0 Å². The number of carbonyl (C=O) groups excluding carboxylic acids is 1. The monoisotopic (exact) mass is 415 g/mol. The molecule has 0 saturated carbocycles. The molecule has 0 aliphatic heterocycles. The molecule has 0 aromatic carbocycles. The molecular weight excluding hydrogens is 366 g/mol. The number of unbranched alkanes of at least 4 members (excludes halogenated alkanes) is 16. The van der Waals surface area contributed by atoms with Gasteiger partial charge in [-0.25, -0.2) is 0 Å². The number of hydrogen-bond acceptors (Lipinski definition) is 1. The normalized spacial score (nSPS) is 12.7. The zero-order valence-electron chi connectivity index (χ0n) is 20.0. The molecule has 0 saturated heterocycles. The minimum atomic E-state index is -0.373. The van der Waals surface area contributed by atoms with Crippen molar-refractivity contribution >= 4 is 5.91 Å². The molecule has 0 aliphatic rings. The molecule has 0 aromatic heterocycles. The molecule has 30 heavy (non-hydrogen) atoms. The van der Waals surface area contributed by atoms with E-state index in [0.717, 1.165) is 6.42 Å². The molecule has 2 heteroatoms. The lowest BCUT2D eigenvalue weighted by atomic mass is 10.0. The summed E-state index contributed by atoms with van der Waals surface area (Å²) in [5, 5.41) is 0. The summed E-state index contributed by atoms with van der Waals surface area (Å²) in [4.78, 5) is 10.8. The van der Waals surface area contributed by atoms with Crippen LogP contribution >= 0.6 is 0 Å². The van der Waals surface area contributed by atoms with Gasteiger partial charge in [0.05, 0.1) is 0 Å². The van der Waals surface area contributed by atoms with Crippen molar-refractivity contribution in [3.63, 3.8) is 0 Å². The molecule has 0 aromatic rings. The summed E-state index contributed by atoms with van der Waals surface area (Å²) in [6.07, 6.45) is 37.6. The maximum absolute atomic E-state index is 10.8. The quantitative estimate of drug-likeness (QED) is 0.114. The fraction of sp³-hybridized carbons (Fsp3) is 0.679. The van der Waals surface area contributed by atoms with Crippen LogP contribution in [0.3, 0.4) is 0 Å². The number of rotatable bonds is 21. The second kappa shape index (κ2) is 23.7. The highest BCUT2D eigenvalue weighted by Gasteiger charge is 1.94. The Morgan fingerprint density at radius 3 is 1.47 bits per heavy atom. The number of amides is 1. The van der Waals surface area contributed by atoms with Crippen molar-refractivity contribution in [2.75, 3.05) is 0 Å². The van der Waals surface area contributed by atoms with Gasteiger partial charge < -0.3 is 5.73 Å². The molecule has 2 N–H and O–H groups in total. The third kappa shape index (κ3) is 22.7. The van der Waals surface area contributed by atoms with Crippen LogP contribution in [0.2, 0.25) is 0 Å². The average molecular weight is 416 g/mol. The molecule has 0 spiro atoms. The van der Waals surface area contributed by atoms with E-state index in [0.29, 0.717) is 5.57 Å². The van der Waals surface area contributed by atoms with E-state index >= 15 is 0 Å². The molecule has 0 unspecified atom stereocenters. The predicted molar refractivity (Wildman–Crippen MR) is 135 cm³/mol. The van der Waals surface area contributed by atoms with Crippen LogP contribution in [-0.2, 0) is 4.79 Å². The summed E-state index contributed by atoms with van der Waals surface area (Å²) in [7, 11) is 0. The van der Waals surface area contributed by atoms with Gasteiger partial charge in [-0.3, -0.25) is 4.79 Å². The Balaban J connectivity index is 3.30. The predicted octanol–water partition coefficient (Wildman–Crippen LogP) is 8.74. The molecule has 0 atom stereocenters. The van der Waals surface area contributed by atoms with Crippen molar-refractivity contribution in [1.29, 1.82) is 0 Å². The van der Waals surface area contributed by atoms with Crippen LogP contribution in [0.5, 0.6) is 0 Å². The highest BCUT2D eigenvalue weighted by atomic mass is 16.1. The molecule has 1 amide bonds. The summed E-state index contributed by atoms with van der Waals surface area (Å²) >= 11 is 0. The average Bonchev–Trinajstić information content (AvgIpc) is 2.74. The van der Waals surface area contributed by atoms with Gasteiger partial charge in [-0.2, -0.15) is 0 Å². The third-order valence-corrected chi connectivity index (χ3v) is 5.54. The molecule has 2 nitrogen and oxygen atoms in total. The number of hydrogen-bond donors (Lipinski definition) is 1. The van der Waals surface area contributed by atoms with Gasteiger partial charge in [0.25, 0.3) is 0 Å². The summed E-state index contributed by atoms with van der Waals surface area (Å²) in [5.74, 6) is -0.373. The molecule has 172 valence electrons. The number of allylic oxidation sites excluding steroid dienone is 7. The zero-order valence-corrected chi connectivity index (χ0v) is 20.0. The van der Waals surface area contributed by atoms with E-state index in [9.17, 15) is 4.79 Å². The maximum Gasteiger partial charge on any atom is 0.244 e. The number of primary amides is 1. The first-order valence-corrected chi connectivity index (χ1v) is 12.6. The van der Waals surface area contributed by atoms with E-state index in [1.165, 1.54) is 103 Å². The summed E-state index contributed by atoms with van der Waals surface area (Å²) in [6, 6.07) is 0. The highest BCUT2D eigenvalue weighted by molar-refractivity contribution is 5.91. The van der Waals surface area contributed by atoms with E-state index < -0.39 is 0 Å². The fourth-order valence-electron chi connectivity index (χ4n) is 3.46. The SMILES string of the molecule is CCCCCCCCCCCCCCCCCCC=CC=CC=CC=C(C)C(N)=O. The summed E-state index contributed by atoms with van der Waals surface area (Å²) in [5.41, 5.74) is 5.73. The lowest BCUT2D eigenvalue weighted by Crippen LogP contribution is -2.11. The molecular formula is C28H49NO. The van der Waals surface area contributed by atoms with Crippen molar-refractivity contribution in [1.82, 2.24) is 0 Å². The van der Waals surface area contributed by atoms with Crippen molar-refractivity contribution in [2.24, 2.45) is 5.73 Å². The van der Waals surface area contributed by atoms with Crippen LogP contribution in [0.25, 0.3) is 0 Å². The van der Waals surface area contributed by atoms with E-state index in [2.05, 4.69) is 19.1 Å². The Hall–Kier alpha value is -1.57. The highest BCUT2D eigenvalue weighted by Crippen LogP contribution is 2.14.